The van der Waals surface area contributed by atoms with Gasteiger partial charge in [0.05, 0.1) is 0 Å². The van der Waals surface area contributed by atoms with E-state index in [4.69, 9.17) is 0 Å². The molecule has 48 valence electrons. The average Bonchev–Trinajstić information content (AvgIpc) is 1.64. The molecule has 8 heavy (non-hydrogen) atoms. The Morgan fingerprint density at radius 3 is 2.00 bits per heavy atom. The van der Waals surface area contributed by atoms with Crippen LogP contribution in [0.5, 0.6) is 0 Å². The number of nitrogens with zero attached hydrogens (tertiary/aromatic N) is 1. The molecule has 0 aromatic rings. The van der Waals surface area contributed by atoms with Gasteiger partial charge in [0.15, 0.2) is 0 Å². The fraction of sp³-hybridized carbons (Fsp3) is 0.667. The number of hydrogen-bond acceptors (Lipinski definition) is 2. The molecule has 0 N–H and O–H groups in total. The molecule has 0 heterocycles. The molecule has 1 atom stereocenters. The van der Waals surface area contributed by atoms with Gasteiger partial charge in [-0.3, -0.25) is 0 Å². The van der Waals surface area contributed by atoms with E-state index < -0.39 is 0 Å². The van der Waals surface area contributed by atoms with Crippen LogP contribution < -0.4 is 0 Å². The number of hydrogen-bond donors (Lipinski definition) is 1. The highest BCUT2D eigenvalue weighted by Gasteiger charge is 2.02. The van der Waals surface area contributed by atoms with Crippen LogP contribution in [-0.2, 0) is 0 Å². The fourth-order valence-electron chi connectivity index (χ4n) is 0.298. The molecule has 0 fully saturated rings. The monoisotopic (exact) mass is 131 g/mol. The summed E-state index contributed by atoms with van der Waals surface area (Å²) in [5, 5.41) is 0. The van der Waals surface area contributed by atoms with Gasteiger partial charge in [-0.05, 0) is 25.9 Å². The maximum Gasteiger partial charge on any atom is 0.0364 e. The Hall–Kier alpha value is 0.0500. The van der Waals surface area contributed by atoms with Crippen molar-refractivity contribution in [1.82, 2.24) is 4.90 Å². The second-order valence-electron chi connectivity index (χ2n) is 2.13. The maximum absolute atomic E-state index is 4.10. The first-order chi connectivity index (χ1) is 3.55. The Morgan fingerprint density at radius 2 is 2.00 bits per heavy atom. The molecule has 0 amide bonds. The lowest BCUT2D eigenvalue weighted by Crippen LogP contribution is -2.24. The summed E-state index contributed by atoms with van der Waals surface area (Å²) < 4.78 is 0. The predicted molar refractivity (Wildman–Crippen MR) is 41.3 cm³/mol. The molecule has 0 aliphatic rings. The largest absolute Gasteiger partial charge is 0.302 e. The van der Waals surface area contributed by atoms with E-state index in [1.54, 1.807) is 0 Å². The minimum Gasteiger partial charge on any atom is -0.302 e. The van der Waals surface area contributed by atoms with Gasteiger partial charge >= 0.3 is 0 Å². The van der Waals surface area contributed by atoms with Crippen LogP contribution >= 0.6 is 12.6 Å². The van der Waals surface area contributed by atoms with Crippen LogP contribution in [0, 0.1) is 0 Å². The van der Waals surface area contributed by atoms with Crippen molar-refractivity contribution in [2.45, 2.75) is 13.0 Å². The first-order valence-corrected chi connectivity index (χ1v) is 3.04. The normalized spacial score (nSPS) is 14.1. The van der Waals surface area contributed by atoms with Crippen molar-refractivity contribution in [3.63, 3.8) is 0 Å². The summed E-state index contributed by atoms with van der Waals surface area (Å²) in [5.41, 5.74) is 0. The van der Waals surface area contributed by atoms with Crippen molar-refractivity contribution in [1.29, 1.82) is 0 Å². The third kappa shape index (κ3) is 2.38. The Labute approximate surface area is 56.8 Å². The zero-order valence-electron chi connectivity index (χ0n) is 5.68. The van der Waals surface area contributed by atoms with E-state index in [9.17, 15) is 0 Å². The molecule has 0 radical (unpaired) electrons. The number of thiol groups is 1. The van der Waals surface area contributed by atoms with E-state index in [0.717, 1.165) is 4.91 Å². The van der Waals surface area contributed by atoms with Crippen molar-refractivity contribution in [3.8, 4) is 0 Å². The Kier molecular flexibility index (Phi) is 3.17. The molecular formula is C6H13NS. The molecule has 0 aliphatic carbocycles. The molecule has 1 unspecified atom stereocenters. The molecule has 0 saturated heterocycles. The van der Waals surface area contributed by atoms with Crippen molar-refractivity contribution in [3.05, 3.63) is 11.5 Å². The molecule has 0 aliphatic heterocycles. The highest BCUT2D eigenvalue weighted by Crippen LogP contribution is 2.06. The Bertz CT molecular complexity index is 88.5. The number of likely N-dealkylation sites (N-methyl/N-ethyl adjacent to an activating group) is 1. The summed E-state index contributed by atoms with van der Waals surface area (Å²) in [6.07, 6.45) is 0. The fourth-order valence-corrected chi connectivity index (χ4v) is 0.529. The van der Waals surface area contributed by atoms with Gasteiger partial charge < -0.3 is 4.90 Å². The first kappa shape index (κ1) is 8.05. The van der Waals surface area contributed by atoms with Gasteiger partial charge in [-0.1, -0.05) is 6.58 Å². The Morgan fingerprint density at radius 1 is 1.62 bits per heavy atom. The molecule has 0 aromatic heterocycles. The van der Waals surface area contributed by atoms with Crippen LogP contribution in [0.4, 0.5) is 0 Å². The third-order valence-electron chi connectivity index (χ3n) is 1.26. The number of rotatable bonds is 2. The van der Waals surface area contributed by atoms with Crippen LogP contribution in [0.25, 0.3) is 0 Å². The summed E-state index contributed by atoms with van der Waals surface area (Å²) in [6.45, 7) is 5.76. The van der Waals surface area contributed by atoms with E-state index in [1.807, 2.05) is 14.1 Å². The van der Waals surface area contributed by atoms with Gasteiger partial charge in [0.2, 0.25) is 0 Å². The summed E-state index contributed by atoms with van der Waals surface area (Å²) in [7, 11) is 4.01. The van der Waals surface area contributed by atoms with Gasteiger partial charge in [0.25, 0.3) is 0 Å². The molecule has 0 aromatic carbocycles. The SMILES string of the molecule is C=C(S)C(C)N(C)C. The molecular weight excluding hydrogens is 118 g/mol. The molecule has 0 spiro atoms. The summed E-state index contributed by atoms with van der Waals surface area (Å²) in [6, 6.07) is 0.373. The second kappa shape index (κ2) is 3.15. The van der Waals surface area contributed by atoms with Gasteiger partial charge in [0.1, 0.15) is 0 Å². The average molecular weight is 131 g/mol. The smallest absolute Gasteiger partial charge is 0.0364 e. The zero-order chi connectivity index (χ0) is 6.73. The molecule has 0 saturated carbocycles. The summed E-state index contributed by atoms with van der Waals surface area (Å²) in [4.78, 5) is 2.98. The van der Waals surface area contributed by atoms with E-state index >= 15 is 0 Å². The molecule has 2 heteroatoms. The molecule has 1 nitrogen and oxygen atoms in total. The maximum atomic E-state index is 4.10. The predicted octanol–water partition coefficient (Wildman–Crippen LogP) is 1.38. The highest BCUT2D eigenvalue weighted by molar-refractivity contribution is 7.84. The highest BCUT2D eigenvalue weighted by atomic mass is 32.1. The summed E-state index contributed by atoms with van der Waals surface area (Å²) in [5.74, 6) is 0. The second-order valence-corrected chi connectivity index (χ2v) is 2.71. The topological polar surface area (TPSA) is 3.24 Å². The van der Waals surface area contributed by atoms with Crippen LogP contribution in [0.1, 0.15) is 6.92 Å². The van der Waals surface area contributed by atoms with Crippen molar-refractivity contribution >= 4 is 12.6 Å². The minimum absolute atomic E-state index is 0.373. The summed E-state index contributed by atoms with van der Waals surface area (Å²) >= 11 is 4.10. The van der Waals surface area contributed by atoms with Crippen LogP contribution in [-0.4, -0.2) is 25.0 Å². The van der Waals surface area contributed by atoms with Crippen LogP contribution in [0.2, 0.25) is 0 Å². The van der Waals surface area contributed by atoms with E-state index in [-0.39, 0.29) is 0 Å². The van der Waals surface area contributed by atoms with E-state index in [0.29, 0.717) is 6.04 Å². The van der Waals surface area contributed by atoms with Gasteiger partial charge in [0, 0.05) is 6.04 Å². The van der Waals surface area contributed by atoms with Gasteiger partial charge in [-0.2, -0.15) is 0 Å². The van der Waals surface area contributed by atoms with Gasteiger partial charge in [-0.15, -0.1) is 12.6 Å². The lowest BCUT2D eigenvalue weighted by Gasteiger charge is -2.18. The molecule has 0 bridgehead atoms. The first-order valence-electron chi connectivity index (χ1n) is 2.60. The van der Waals surface area contributed by atoms with Crippen LogP contribution in [0.3, 0.4) is 0 Å². The minimum atomic E-state index is 0.373. The lowest BCUT2D eigenvalue weighted by molar-refractivity contribution is 0.361. The lowest BCUT2D eigenvalue weighted by atomic mass is 10.3. The van der Waals surface area contributed by atoms with E-state index in [1.165, 1.54) is 0 Å². The quantitative estimate of drug-likeness (QED) is 0.554. The Balaban J connectivity index is 3.64. The zero-order valence-corrected chi connectivity index (χ0v) is 6.57. The van der Waals surface area contributed by atoms with Crippen molar-refractivity contribution < 1.29 is 0 Å². The van der Waals surface area contributed by atoms with Crippen LogP contribution in [0.15, 0.2) is 11.5 Å². The standard InChI is InChI=1S/C6H13NS/c1-5(6(2)8)7(3)4/h5,8H,2H2,1,3-4H3. The van der Waals surface area contributed by atoms with Crippen molar-refractivity contribution in [2.24, 2.45) is 0 Å². The van der Waals surface area contributed by atoms with Crippen molar-refractivity contribution in [2.75, 3.05) is 14.1 Å². The van der Waals surface area contributed by atoms with E-state index in [2.05, 4.69) is 31.0 Å². The van der Waals surface area contributed by atoms with Gasteiger partial charge in [-0.25, -0.2) is 0 Å². The molecule has 0 rings (SSSR count). The third-order valence-corrected chi connectivity index (χ3v) is 1.63.